The summed E-state index contributed by atoms with van der Waals surface area (Å²) in [4.78, 5) is 0. The molecular weight excluding hydrogens is 241 g/mol. The SMILES string of the molecule is CCC1CCCCC1OCc1cc(F)ccc1C#N. The Morgan fingerprint density at radius 2 is 2.16 bits per heavy atom. The fraction of sp³-hybridized carbons (Fsp3) is 0.562. The summed E-state index contributed by atoms with van der Waals surface area (Å²) in [7, 11) is 0. The van der Waals surface area contributed by atoms with E-state index in [1.165, 1.54) is 37.5 Å². The molecule has 0 heterocycles. The van der Waals surface area contributed by atoms with Crippen molar-refractivity contribution >= 4 is 0 Å². The van der Waals surface area contributed by atoms with Gasteiger partial charge in [0.2, 0.25) is 0 Å². The first kappa shape index (κ1) is 14.0. The Bertz CT molecular complexity index is 466. The van der Waals surface area contributed by atoms with Crippen LogP contribution in [0, 0.1) is 23.1 Å². The minimum absolute atomic E-state index is 0.258. The van der Waals surface area contributed by atoms with Gasteiger partial charge in [-0.2, -0.15) is 5.26 Å². The number of benzene rings is 1. The van der Waals surface area contributed by atoms with E-state index in [1.807, 2.05) is 0 Å². The van der Waals surface area contributed by atoms with Crippen LogP contribution in [0.4, 0.5) is 4.39 Å². The molecule has 2 unspecified atom stereocenters. The van der Waals surface area contributed by atoms with Gasteiger partial charge in [0.15, 0.2) is 0 Å². The fourth-order valence-corrected chi connectivity index (χ4v) is 2.85. The van der Waals surface area contributed by atoms with Gasteiger partial charge in [0.1, 0.15) is 5.82 Å². The molecule has 0 radical (unpaired) electrons. The van der Waals surface area contributed by atoms with Gasteiger partial charge in [-0.15, -0.1) is 0 Å². The van der Waals surface area contributed by atoms with Crippen molar-refractivity contribution in [3.63, 3.8) is 0 Å². The summed E-state index contributed by atoms with van der Waals surface area (Å²) < 4.78 is 19.2. The van der Waals surface area contributed by atoms with E-state index in [2.05, 4.69) is 13.0 Å². The Labute approximate surface area is 114 Å². The van der Waals surface area contributed by atoms with Crippen LogP contribution < -0.4 is 0 Å². The second kappa shape index (κ2) is 6.68. The second-order valence-corrected chi connectivity index (χ2v) is 5.22. The van der Waals surface area contributed by atoms with Crippen molar-refractivity contribution in [2.24, 2.45) is 5.92 Å². The molecule has 2 atom stereocenters. The van der Waals surface area contributed by atoms with Crippen molar-refractivity contribution in [1.82, 2.24) is 0 Å². The molecule has 1 aliphatic rings. The highest BCUT2D eigenvalue weighted by Crippen LogP contribution is 2.30. The van der Waals surface area contributed by atoms with E-state index in [9.17, 15) is 4.39 Å². The van der Waals surface area contributed by atoms with E-state index in [-0.39, 0.29) is 11.9 Å². The zero-order valence-corrected chi connectivity index (χ0v) is 11.4. The topological polar surface area (TPSA) is 33.0 Å². The highest BCUT2D eigenvalue weighted by molar-refractivity contribution is 5.37. The molecular formula is C16H20FNO. The van der Waals surface area contributed by atoms with Gasteiger partial charge in [0, 0.05) is 0 Å². The quantitative estimate of drug-likeness (QED) is 0.814. The van der Waals surface area contributed by atoms with Gasteiger partial charge < -0.3 is 4.74 Å². The predicted molar refractivity (Wildman–Crippen MR) is 71.9 cm³/mol. The molecule has 1 aromatic carbocycles. The second-order valence-electron chi connectivity index (χ2n) is 5.22. The maximum atomic E-state index is 13.2. The van der Waals surface area contributed by atoms with E-state index in [0.29, 0.717) is 23.7 Å². The Morgan fingerprint density at radius 3 is 2.89 bits per heavy atom. The van der Waals surface area contributed by atoms with Crippen LogP contribution in [0.5, 0.6) is 0 Å². The third-order valence-corrected chi connectivity index (χ3v) is 4.00. The molecule has 2 nitrogen and oxygen atoms in total. The number of ether oxygens (including phenoxy) is 1. The average molecular weight is 261 g/mol. The van der Waals surface area contributed by atoms with E-state index in [1.54, 1.807) is 0 Å². The highest BCUT2D eigenvalue weighted by atomic mass is 19.1. The van der Waals surface area contributed by atoms with Crippen LogP contribution in [-0.4, -0.2) is 6.10 Å². The average Bonchev–Trinajstić information content (AvgIpc) is 2.45. The number of nitrogens with zero attached hydrogens (tertiary/aromatic N) is 1. The molecule has 2 rings (SSSR count). The molecule has 19 heavy (non-hydrogen) atoms. The number of halogens is 1. The van der Waals surface area contributed by atoms with Crippen molar-refractivity contribution in [3.8, 4) is 6.07 Å². The maximum Gasteiger partial charge on any atom is 0.123 e. The van der Waals surface area contributed by atoms with Gasteiger partial charge >= 0.3 is 0 Å². The molecule has 102 valence electrons. The Hall–Kier alpha value is -1.40. The van der Waals surface area contributed by atoms with Crippen LogP contribution in [0.3, 0.4) is 0 Å². The maximum absolute atomic E-state index is 13.2. The lowest BCUT2D eigenvalue weighted by Gasteiger charge is -2.30. The van der Waals surface area contributed by atoms with Crippen molar-refractivity contribution in [2.75, 3.05) is 0 Å². The number of hydrogen-bond donors (Lipinski definition) is 0. The minimum Gasteiger partial charge on any atom is -0.373 e. The largest absolute Gasteiger partial charge is 0.373 e. The summed E-state index contributed by atoms with van der Waals surface area (Å²) >= 11 is 0. The molecule has 1 fully saturated rings. The van der Waals surface area contributed by atoms with Crippen molar-refractivity contribution < 1.29 is 9.13 Å². The smallest absolute Gasteiger partial charge is 0.123 e. The number of hydrogen-bond acceptors (Lipinski definition) is 2. The van der Waals surface area contributed by atoms with Gasteiger partial charge in [0.05, 0.1) is 24.3 Å². The number of nitriles is 1. The first-order valence-corrected chi connectivity index (χ1v) is 7.04. The lowest BCUT2D eigenvalue weighted by atomic mass is 9.85. The lowest BCUT2D eigenvalue weighted by molar-refractivity contribution is -0.0223. The molecule has 0 saturated heterocycles. The van der Waals surface area contributed by atoms with Gasteiger partial charge in [-0.25, -0.2) is 4.39 Å². The van der Waals surface area contributed by atoms with Crippen LogP contribution >= 0.6 is 0 Å². The third-order valence-electron chi connectivity index (χ3n) is 4.00. The fourth-order valence-electron chi connectivity index (χ4n) is 2.85. The van der Waals surface area contributed by atoms with Gasteiger partial charge in [-0.1, -0.05) is 26.2 Å². The number of rotatable bonds is 4. The van der Waals surface area contributed by atoms with Crippen LogP contribution in [0.15, 0.2) is 18.2 Å². The van der Waals surface area contributed by atoms with E-state index in [0.717, 1.165) is 12.8 Å². The zero-order chi connectivity index (χ0) is 13.7. The summed E-state index contributed by atoms with van der Waals surface area (Å²) in [5, 5.41) is 9.02. The van der Waals surface area contributed by atoms with E-state index < -0.39 is 0 Å². The Kier molecular flexibility index (Phi) is 4.93. The normalized spacial score (nSPS) is 23.0. The molecule has 0 aromatic heterocycles. The van der Waals surface area contributed by atoms with Gasteiger partial charge in [0.25, 0.3) is 0 Å². The summed E-state index contributed by atoms with van der Waals surface area (Å²) in [6.45, 7) is 2.52. The van der Waals surface area contributed by atoms with Crippen LogP contribution in [-0.2, 0) is 11.3 Å². The molecule has 0 bridgehead atoms. The van der Waals surface area contributed by atoms with Crippen LogP contribution in [0.1, 0.15) is 50.2 Å². The zero-order valence-electron chi connectivity index (χ0n) is 11.4. The summed E-state index contributed by atoms with van der Waals surface area (Å²) in [5.41, 5.74) is 1.16. The van der Waals surface area contributed by atoms with Gasteiger partial charge in [-0.05, 0) is 42.5 Å². The van der Waals surface area contributed by atoms with Crippen molar-refractivity contribution in [3.05, 3.63) is 35.1 Å². The molecule has 0 aliphatic heterocycles. The van der Waals surface area contributed by atoms with Crippen molar-refractivity contribution in [2.45, 2.75) is 51.7 Å². The highest BCUT2D eigenvalue weighted by Gasteiger charge is 2.24. The Balaban J connectivity index is 2.01. The first-order valence-electron chi connectivity index (χ1n) is 7.04. The molecule has 3 heteroatoms. The summed E-state index contributed by atoms with van der Waals surface area (Å²) in [5.74, 6) is 0.293. The summed E-state index contributed by atoms with van der Waals surface area (Å²) in [6, 6.07) is 6.33. The minimum atomic E-state index is -0.312. The van der Waals surface area contributed by atoms with Crippen molar-refractivity contribution in [1.29, 1.82) is 5.26 Å². The standard InChI is InChI=1S/C16H20FNO/c1-2-12-5-3-4-6-16(12)19-11-14-9-15(17)8-7-13(14)10-18/h7-9,12,16H,2-6,11H2,1H3. The molecule has 0 N–H and O–H groups in total. The molecule has 1 saturated carbocycles. The summed E-state index contributed by atoms with van der Waals surface area (Å²) in [6.07, 6.45) is 6.16. The van der Waals surface area contributed by atoms with Crippen LogP contribution in [0.2, 0.25) is 0 Å². The van der Waals surface area contributed by atoms with E-state index >= 15 is 0 Å². The molecule has 0 amide bonds. The lowest BCUT2D eigenvalue weighted by Crippen LogP contribution is -2.27. The van der Waals surface area contributed by atoms with E-state index in [4.69, 9.17) is 10.00 Å². The molecule has 0 spiro atoms. The van der Waals surface area contributed by atoms with Gasteiger partial charge in [-0.3, -0.25) is 0 Å². The van der Waals surface area contributed by atoms with Crippen LogP contribution in [0.25, 0.3) is 0 Å². The first-order chi connectivity index (χ1) is 9.24. The predicted octanol–water partition coefficient (Wildman–Crippen LogP) is 4.18. The third kappa shape index (κ3) is 3.54. The molecule has 1 aliphatic carbocycles. The monoisotopic (exact) mass is 261 g/mol. The molecule has 1 aromatic rings. The Morgan fingerprint density at radius 1 is 1.37 bits per heavy atom.